The van der Waals surface area contributed by atoms with E-state index < -0.39 is 0 Å². The lowest BCUT2D eigenvalue weighted by atomic mass is 9.94. The number of rotatable bonds is 2. The van der Waals surface area contributed by atoms with Crippen molar-refractivity contribution in [3.8, 4) is 5.75 Å². The molecule has 0 amide bonds. The fraction of sp³-hybridized carbons (Fsp3) is 0.250. The third kappa shape index (κ3) is 2.82. The van der Waals surface area contributed by atoms with Crippen molar-refractivity contribution in [3.63, 3.8) is 0 Å². The first-order valence-electron chi connectivity index (χ1n) is 6.48. The predicted molar refractivity (Wildman–Crippen MR) is 80.2 cm³/mol. The van der Waals surface area contributed by atoms with Gasteiger partial charge in [-0.05, 0) is 17.7 Å². The zero-order chi connectivity index (χ0) is 13.2. The molecule has 0 spiro atoms. The van der Waals surface area contributed by atoms with Gasteiger partial charge >= 0.3 is 0 Å². The molecule has 2 aromatic carbocycles. The second kappa shape index (κ2) is 5.35. The molecular formula is C16H16BrNO. The smallest absolute Gasteiger partial charge is 0.125 e. The largest absolute Gasteiger partial charge is 0.490 e. The van der Waals surface area contributed by atoms with Crippen LogP contribution in [0.2, 0.25) is 0 Å². The van der Waals surface area contributed by atoms with Crippen LogP contribution in [-0.2, 0) is 6.42 Å². The van der Waals surface area contributed by atoms with Crippen LogP contribution >= 0.6 is 15.9 Å². The molecule has 19 heavy (non-hydrogen) atoms. The van der Waals surface area contributed by atoms with E-state index in [-0.39, 0.29) is 12.1 Å². The number of ether oxygens (including phenoxy) is 1. The van der Waals surface area contributed by atoms with Crippen molar-refractivity contribution in [1.29, 1.82) is 0 Å². The van der Waals surface area contributed by atoms with Crippen LogP contribution in [0.25, 0.3) is 0 Å². The van der Waals surface area contributed by atoms with Crippen LogP contribution in [0.3, 0.4) is 0 Å². The molecule has 0 bridgehead atoms. The van der Waals surface area contributed by atoms with E-state index in [1.54, 1.807) is 0 Å². The van der Waals surface area contributed by atoms with E-state index in [1.807, 2.05) is 24.3 Å². The highest BCUT2D eigenvalue weighted by molar-refractivity contribution is 9.10. The highest BCUT2D eigenvalue weighted by atomic mass is 79.9. The third-order valence-electron chi connectivity index (χ3n) is 3.49. The van der Waals surface area contributed by atoms with Crippen LogP contribution in [0, 0.1) is 0 Å². The van der Waals surface area contributed by atoms with E-state index in [1.165, 1.54) is 5.56 Å². The first-order chi connectivity index (χ1) is 9.22. The van der Waals surface area contributed by atoms with E-state index in [4.69, 9.17) is 10.5 Å². The van der Waals surface area contributed by atoms with E-state index in [0.29, 0.717) is 0 Å². The van der Waals surface area contributed by atoms with Crippen molar-refractivity contribution >= 4 is 15.9 Å². The molecule has 0 fully saturated rings. The normalized spacial score (nSPS) is 21.6. The lowest BCUT2D eigenvalue weighted by Crippen LogP contribution is -2.31. The molecule has 1 unspecified atom stereocenters. The van der Waals surface area contributed by atoms with Crippen LogP contribution in [-0.4, -0.2) is 6.10 Å². The van der Waals surface area contributed by atoms with Gasteiger partial charge in [0.25, 0.3) is 0 Å². The van der Waals surface area contributed by atoms with Crippen LogP contribution < -0.4 is 10.5 Å². The monoisotopic (exact) mass is 317 g/mol. The van der Waals surface area contributed by atoms with Crippen molar-refractivity contribution in [3.05, 3.63) is 64.1 Å². The van der Waals surface area contributed by atoms with Gasteiger partial charge in [-0.2, -0.15) is 0 Å². The summed E-state index contributed by atoms with van der Waals surface area (Å²) in [6.45, 7) is 0. The van der Waals surface area contributed by atoms with Crippen molar-refractivity contribution in [2.24, 2.45) is 5.73 Å². The molecule has 3 heteroatoms. The highest BCUT2D eigenvalue weighted by Crippen LogP contribution is 2.36. The molecular weight excluding hydrogens is 302 g/mol. The van der Waals surface area contributed by atoms with Gasteiger partial charge in [0.05, 0.1) is 0 Å². The number of nitrogens with two attached hydrogens (primary N) is 1. The lowest BCUT2D eigenvalue weighted by Gasteiger charge is -2.30. The van der Waals surface area contributed by atoms with Gasteiger partial charge in [-0.1, -0.05) is 52.3 Å². The third-order valence-corrected chi connectivity index (χ3v) is 3.98. The number of fused-ring (bicyclic) bond motifs is 1. The summed E-state index contributed by atoms with van der Waals surface area (Å²) in [7, 11) is 0. The fourth-order valence-electron chi connectivity index (χ4n) is 2.56. The van der Waals surface area contributed by atoms with Gasteiger partial charge in [-0.3, -0.25) is 0 Å². The Morgan fingerprint density at radius 2 is 1.95 bits per heavy atom. The molecule has 0 aliphatic carbocycles. The second-order valence-electron chi connectivity index (χ2n) is 4.95. The van der Waals surface area contributed by atoms with Gasteiger partial charge < -0.3 is 10.5 Å². The van der Waals surface area contributed by atoms with E-state index in [2.05, 4.69) is 40.2 Å². The highest BCUT2D eigenvalue weighted by Gasteiger charge is 2.26. The number of hydrogen-bond donors (Lipinski definition) is 1. The van der Waals surface area contributed by atoms with E-state index in [9.17, 15) is 0 Å². The van der Waals surface area contributed by atoms with Gasteiger partial charge in [0.15, 0.2) is 0 Å². The Bertz CT molecular complexity index is 570. The topological polar surface area (TPSA) is 35.2 Å². The molecule has 0 aromatic heterocycles. The van der Waals surface area contributed by atoms with Crippen molar-refractivity contribution in [1.82, 2.24) is 0 Å². The Kier molecular flexibility index (Phi) is 3.58. The van der Waals surface area contributed by atoms with Gasteiger partial charge in [0.1, 0.15) is 11.9 Å². The van der Waals surface area contributed by atoms with Crippen LogP contribution in [0.1, 0.15) is 23.6 Å². The minimum Gasteiger partial charge on any atom is -0.490 e. The van der Waals surface area contributed by atoms with Crippen LogP contribution in [0.4, 0.5) is 0 Å². The Balaban J connectivity index is 1.81. The van der Waals surface area contributed by atoms with Crippen molar-refractivity contribution < 1.29 is 4.74 Å². The van der Waals surface area contributed by atoms with E-state index in [0.717, 1.165) is 28.6 Å². The summed E-state index contributed by atoms with van der Waals surface area (Å²) in [4.78, 5) is 0. The molecule has 1 aliphatic heterocycles. The maximum atomic E-state index is 6.25. The summed E-state index contributed by atoms with van der Waals surface area (Å²) < 4.78 is 7.10. The quantitative estimate of drug-likeness (QED) is 0.913. The molecule has 3 rings (SSSR count). The van der Waals surface area contributed by atoms with E-state index >= 15 is 0 Å². The number of halogens is 1. The SMILES string of the molecule is N[C@@H]1CC(Cc2ccccc2)Oc2cc(Br)ccc21. The molecule has 1 heterocycles. The molecule has 2 nitrogen and oxygen atoms in total. The summed E-state index contributed by atoms with van der Waals surface area (Å²) in [5.74, 6) is 0.911. The Morgan fingerprint density at radius 3 is 2.74 bits per heavy atom. The van der Waals surface area contributed by atoms with Gasteiger partial charge in [-0.15, -0.1) is 0 Å². The zero-order valence-electron chi connectivity index (χ0n) is 10.6. The minimum absolute atomic E-state index is 0.0607. The maximum Gasteiger partial charge on any atom is 0.125 e. The van der Waals surface area contributed by atoms with Gasteiger partial charge in [0, 0.05) is 28.9 Å². The summed E-state index contributed by atoms with van der Waals surface area (Å²) in [5.41, 5.74) is 8.64. The van der Waals surface area contributed by atoms with Crippen molar-refractivity contribution in [2.45, 2.75) is 25.0 Å². The Hall–Kier alpha value is -1.32. The number of hydrogen-bond acceptors (Lipinski definition) is 2. The van der Waals surface area contributed by atoms with Gasteiger partial charge in [0.2, 0.25) is 0 Å². The van der Waals surface area contributed by atoms with Crippen LogP contribution in [0.5, 0.6) is 5.75 Å². The molecule has 2 N–H and O–H groups in total. The Labute approximate surface area is 121 Å². The minimum atomic E-state index is 0.0607. The first-order valence-corrected chi connectivity index (χ1v) is 7.27. The maximum absolute atomic E-state index is 6.25. The summed E-state index contributed by atoms with van der Waals surface area (Å²) >= 11 is 3.48. The average Bonchev–Trinajstić information content (AvgIpc) is 2.39. The Morgan fingerprint density at radius 1 is 1.16 bits per heavy atom. The number of benzene rings is 2. The molecule has 2 aromatic rings. The second-order valence-corrected chi connectivity index (χ2v) is 5.87. The standard InChI is InChI=1S/C16H16BrNO/c17-12-6-7-14-15(18)10-13(19-16(14)9-12)8-11-4-2-1-3-5-11/h1-7,9,13,15H,8,10,18H2/t13?,15-/m1/s1. The summed E-state index contributed by atoms with van der Waals surface area (Å²) in [6, 6.07) is 16.5. The van der Waals surface area contributed by atoms with Gasteiger partial charge in [-0.25, -0.2) is 0 Å². The molecule has 0 saturated carbocycles. The summed E-state index contributed by atoms with van der Waals surface area (Å²) in [5, 5.41) is 0. The predicted octanol–water partition coefficient (Wildman–Crippen LogP) is 3.84. The summed E-state index contributed by atoms with van der Waals surface area (Å²) in [6.07, 6.45) is 1.92. The molecule has 0 radical (unpaired) electrons. The average molecular weight is 318 g/mol. The molecule has 1 aliphatic rings. The molecule has 98 valence electrons. The first kappa shape index (κ1) is 12.7. The molecule has 2 atom stereocenters. The fourth-order valence-corrected chi connectivity index (χ4v) is 2.90. The lowest BCUT2D eigenvalue weighted by molar-refractivity contribution is 0.159. The molecule has 0 saturated heterocycles. The van der Waals surface area contributed by atoms with Crippen LogP contribution in [0.15, 0.2) is 53.0 Å². The van der Waals surface area contributed by atoms with Crippen molar-refractivity contribution in [2.75, 3.05) is 0 Å². The zero-order valence-corrected chi connectivity index (χ0v) is 12.1.